The molecule has 1 heterocycles. The molecule has 116 valence electrons. The summed E-state index contributed by atoms with van der Waals surface area (Å²) < 4.78 is 2.55. The summed E-state index contributed by atoms with van der Waals surface area (Å²) in [6, 6.07) is 0. The van der Waals surface area contributed by atoms with Gasteiger partial charge in [-0.05, 0) is 32.5 Å². The topological polar surface area (TPSA) is 59.5 Å². The van der Waals surface area contributed by atoms with Crippen LogP contribution in [0.5, 0.6) is 5.88 Å². The summed E-state index contributed by atoms with van der Waals surface area (Å²) in [7, 11) is 0. The van der Waals surface area contributed by atoms with E-state index in [0.29, 0.717) is 30.8 Å². The molecule has 1 fully saturated rings. The zero-order chi connectivity index (χ0) is 15.8. The summed E-state index contributed by atoms with van der Waals surface area (Å²) in [4.78, 5) is 16.5. The van der Waals surface area contributed by atoms with Crippen molar-refractivity contribution in [3.05, 3.63) is 20.7 Å². The van der Waals surface area contributed by atoms with Crippen molar-refractivity contribution in [1.29, 1.82) is 0 Å². The highest BCUT2D eigenvalue weighted by Crippen LogP contribution is 2.53. The quantitative estimate of drug-likeness (QED) is 0.505. The Morgan fingerprint density at radius 2 is 2.00 bits per heavy atom. The van der Waals surface area contributed by atoms with Crippen LogP contribution in [-0.4, -0.2) is 31.3 Å². The van der Waals surface area contributed by atoms with Crippen molar-refractivity contribution in [1.82, 2.24) is 9.13 Å². The maximum atomic E-state index is 12.3. The second-order valence-corrected chi connectivity index (χ2v) is 6.88. The number of hydrogen-bond acceptors (Lipinski definition) is 4. The van der Waals surface area contributed by atoms with Crippen LogP contribution in [0.2, 0.25) is 0 Å². The van der Waals surface area contributed by atoms with Crippen LogP contribution < -0.4 is 5.56 Å². The number of hydrogen-bond donors (Lipinski definition) is 1. The van der Waals surface area contributed by atoms with E-state index in [4.69, 9.17) is 35.4 Å². The molecule has 1 aromatic rings. The molecule has 1 aliphatic rings. The van der Waals surface area contributed by atoms with Gasteiger partial charge >= 0.3 is 0 Å². The zero-order valence-electron chi connectivity index (χ0n) is 11.8. The first kappa shape index (κ1) is 16.5. The molecule has 21 heavy (non-hydrogen) atoms. The standard InChI is InChI=1S/C13H17Cl2N3O2S/c1-3-17-10(19)9(11(20)18(4-2)12(17)21)7-16-6-8-5-13(8,14)15/h7-8,19H,3-6H2,1-2H3/t8-/m1/s1. The van der Waals surface area contributed by atoms with E-state index >= 15 is 0 Å². The van der Waals surface area contributed by atoms with Crippen LogP contribution in [-0.2, 0) is 13.1 Å². The van der Waals surface area contributed by atoms with Crippen LogP contribution in [0.1, 0.15) is 25.8 Å². The van der Waals surface area contributed by atoms with Crippen LogP contribution in [0.3, 0.4) is 0 Å². The maximum Gasteiger partial charge on any atom is 0.267 e. The van der Waals surface area contributed by atoms with Crippen molar-refractivity contribution in [2.24, 2.45) is 10.9 Å². The van der Waals surface area contributed by atoms with Gasteiger partial charge in [-0.2, -0.15) is 0 Å². The number of aromatic hydroxyl groups is 1. The third-order valence-electron chi connectivity index (χ3n) is 3.57. The third-order valence-corrected chi connectivity index (χ3v) is 4.93. The van der Waals surface area contributed by atoms with Gasteiger partial charge in [-0.15, -0.1) is 23.2 Å². The molecule has 0 amide bonds. The first-order chi connectivity index (χ1) is 9.83. The SMILES string of the molecule is CCn1c(O)c(C=NC[C@H]2CC2(Cl)Cl)c(=O)n(CC)c1=S. The second-order valence-electron chi connectivity index (χ2n) is 4.97. The Labute approximate surface area is 137 Å². The lowest BCUT2D eigenvalue weighted by atomic mass is 10.3. The van der Waals surface area contributed by atoms with Gasteiger partial charge in [-0.3, -0.25) is 18.9 Å². The van der Waals surface area contributed by atoms with E-state index in [1.807, 2.05) is 13.8 Å². The first-order valence-electron chi connectivity index (χ1n) is 6.77. The van der Waals surface area contributed by atoms with Crippen molar-refractivity contribution in [2.45, 2.75) is 37.7 Å². The van der Waals surface area contributed by atoms with Gasteiger partial charge in [0.15, 0.2) is 4.77 Å². The first-order valence-corrected chi connectivity index (χ1v) is 7.94. The molecule has 0 radical (unpaired) electrons. The Balaban J connectivity index is 2.37. The minimum absolute atomic E-state index is 0.101. The van der Waals surface area contributed by atoms with E-state index in [0.717, 1.165) is 0 Å². The van der Waals surface area contributed by atoms with E-state index in [2.05, 4.69) is 4.99 Å². The lowest BCUT2D eigenvalue weighted by Crippen LogP contribution is -2.28. The average Bonchev–Trinajstić information content (AvgIpc) is 3.02. The van der Waals surface area contributed by atoms with Crippen LogP contribution in [0.4, 0.5) is 0 Å². The average molecular weight is 350 g/mol. The van der Waals surface area contributed by atoms with Crippen molar-refractivity contribution >= 4 is 41.6 Å². The summed E-state index contributed by atoms with van der Waals surface area (Å²) in [6.45, 7) is 5.02. The largest absolute Gasteiger partial charge is 0.494 e. The molecule has 8 heteroatoms. The molecule has 1 atom stereocenters. The van der Waals surface area contributed by atoms with Gasteiger partial charge in [-0.25, -0.2) is 0 Å². The smallest absolute Gasteiger partial charge is 0.267 e. The fourth-order valence-electron chi connectivity index (χ4n) is 2.13. The number of nitrogens with zero attached hydrogens (tertiary/aromatic N) is 3. The van der Waals surface area contributed by atoms with E-state index in [1.165, 1.54) is 15.3 Å². The molecule has 1 saturated carbocycles. The normalized spacial score (nSPS) is 20.1. The van der Waals surface area contributed by atoms with Gasteiger partial charge in [0.2, 0.25) is 5.88 Å². The van der Waals surface area contributed by atoms with Gasteiger partial charge in [0.05, 0.1) is 0 Å². The highest BCUT2D eigenvalue weighted by Gasteiger charge is 2.51. The molecule has 5 nitrogen and oxygen atoms in total. The van der Waals surface area contributed by atoms with E-state index in [1.54, 1.807) is 0 Å². The van der Waals surface area contributed by atoms with Crippen molar-refractivity contribution in [2.75, 3.05) is 6.54 Å². The number of halogens is 2. The molecular formula is C13H17Cl2N3O2S. The van der Waals surface area contributed by atoms with Gasteiger partial charge < -0.3 is 5.11 Å². The molecule has 1 aromatic heterocycles. The van der Waals surface area contributed by atoms with Crippen LogP contribution >= 0.6 is 35.4 Å². The predicted octanol–water partition coefficient (Wildman–Crippen LogP) is 2.74. The molecule has 0 aromatic carbocycles. The van der Waals surface area contributed by atoms with Crippen molar-refractivity contribution < 1.29 is 5.11 Å². The lowest BCUT2D eigenvalue weighted by molar-refractivity contribution is 0.399. The highest BCUT2D eigenvalue weighted by molar-refractivity contribution is 7.71. The molecule has 2 rings (SSSR count). The molecule has 0 unspecified atom stereocenters. The van der Waals surface area contributed by atoms with E-state index in [-0.39, 0.29) is 22.9 Å². The number of aliphatic imine (C=N–C) groups is 1. The summed E-state index contributed by atoms with van der Waals surface area (Å²) in [6.07, 6.45) is 2.08. The van der Waals surface area contributed by atoms with Crippen LogP contribution in [0.25, 0.3) is 0 Å². The van der Waals surface area contributed by atoms with Gasteiger partial charge in [0.25, 0.3) is 5.56 Å². The lowest BCUT2D eigenvalue weighted by Gasteiger charge is -2.13. The monoisotopic (exact) mass is 349 g/mol. The fourth-order valence-corrected chi connectivity index (χ4v) is 3.06. The van der Waals surface area contributed by atoms with Crippen molar-refractivity contribution in [3.63, 3.8) is 0 Å². The minimum atomic E-state index is -0.698. The Morgan fingerprint density at radius 1 is 1.43 bits per heavy atom. The molecule has 0 bridgehead atoms. The molecule has 0 saturated heterocycles. The predicted molar refractivity (Wildman–Crippen MR) is 87.5 cm³/mol. The van der Waals surface area contributed by atoms with Crippen molar-refractivity contribution in [3.8, 4) is 5.88 Å². The number of alkyl halides is 2. The zero-order valence-corrected chi connectivity index (χ0v) is 14.2. The third kappa shape index (κ3) is 3.17. The Hall–Kier alpha value is -0.850. The van der Waals surface area contributed by atoms with Gasteiger partial charge in [0, 0.05) is 31.8 Å². The molecule has 1 aliphatic carbocycles. The maximum absolute atomic E-state index is 12.3. The Kier molecular flexibility index (Phi) is 4.80. The summed E-state index contributed by atoms with van der Waals surface area (Å²) in [5, 5.41) is 10.2. The fraction of sp³-hybridized carbons (Fsp3) is 0.615. The van der Waals surface area contributed by atoms with Gasteiger partial charge in [-0.1, -0.05) is 0 Å². The van der Waals surface area contributed by atoms with Gasteiger partial charge in [0.1, 0.15) is 9.90 Å². The number of aromatic nitrogens is 2. The van der Waals surface area contributed by atoms with Crippen LogP contribution in [0, 0.1) is 10.7 Å². The summed E-state index contributed by atoms with van der Waals surface area (Å²) in [5.41, 5.74) is -0.199. The molecule has 1 N–H and O–H groups in total. The highest BCUT2D eigenvalue weighted by atomic mass is 35.5. The Bertz CT molecular complexity index is 694. The summed E-state index contributed by atoms with van der Waals surface area (Å²) >= 11 is 17.1. The van der Waals surface area contributed by atoms with E-state index < -0.39 is 4.33 Å². The Morgan fingerprint density at radius 3 is 2.48 bits per heavy atom. The molecular weight excluding hydrogens is 333 g/mol. The molecule has 0 spiro atoms. The second kappa shape index (κ2) is 6.10. The molecule has 0 aliphatic heterocycles. The minimum Gasteiger partial charge on any atom is -0.494 e. The van der Waals surface area contributed by atoms with Crippen LogP contribution in [0.15, 0.2) is 9.79 Å². The van der Waals surface area contributed by atoms with E-state index in [9.17, 15) is 9.90 Å². The number of rotatable bonds is 5. The summed E-state index contributed by atoms with van der Waals surface area (Å²) in [5.74, 6) is -0.0519.